The van der Waals surface area contributed by atoms with Crippen molar-refractivity contribution in [2.75, 3.05) is 6.61 Å². The molecule has 0 unspecified atom stereocenters. The van der Waals surface area contributed by atoms with Crippen molar-refractivity contribution < 1.29 is 14.3 Å². The molecule has 0 aliphatic rings. The van der Waals surface area contributed by atoms with E-state index in [0.717, 1.165) is 11.1 Å². The third-order valence-corrected chi connectivity index (χ3v) is 3.73. The quantitative estimate of drug-likeness (QED) is 0.602. The van der Waals surface area contributed by atoms with Gasteiger partial charge in [0.2, 0.25) is 5.78 Å². The van der Waals surface area contributed by atoms with Crippen LogP contribution < -0.4 is 0 Å². The lowest BCUT2D eigenvalue weighted by Crippen LogP contribution is -2.15. The van der Waals surface area contributed by atoms with Gasteiger partial charge in [-0.15, -0.1) is 0 Å². The minimum Gasteiger partial charge on any atom is -0.454 e. The van der Waals surface area contributed by atoms with Crippen LogP contribution in [0.15, 0.2) is 36.4 Å². The van der Waals surface area contributed by atoms with Gasteiger partial charge in [-0.3, -0.25) is 4.79 Å². The lowest BCUT2D eigenvalue weighted by atomic mass is 10.0. The molecule has 2 rings (SSSR count). The summed E-state index contributed by atoms with van der Waals surface area (Å²) in [6.07, 6.45) is 0. The molecule has 0 saturated carbocycles. The molecule has 22 heavy (non-hydrogen) atoms. The zero-order valence-electron chi connectivity index (χ0n) is 12.2. The predicted octanol–water partition coefficient (Wildman–Crippen LogP) is 4.65. The van der Waals surface area contributed by atoms with Crippen LogP contribution in [-0.4, -0.2) is 18.4 Å². The van der Waals surface area contributed by atoms with Gasteiger partial charge in [-0.2, -0.15) is 0 Å². The molecule has 3 nitrogen and oxygen atoms in total. The SMILES string of the molecule is Cc1ccc(C)c(C(=O)COC(=O)c2ccc(Cl)cc2Cl)c1. The Morgan fingerprint density at radius 2 is 1.73 bits per heavy atom. The molecular formula is C17H14Cl2O3. The van der Waals surface area contributed by atoms with Crippen molar-refractivity contribution in [2.45, 2.75) is 13.8 Å². The highest BCUT2D eigenvalue weighted by Gasteiger charge is 2.16. The molecular weight excluding hydrogens is 323 g/mol. The number of aryl methyl sites for hydroxylation is 2. The van der Waals surface area contributed by atoms with Gasteiger partial charge in [0.1, 0.15) is 0 Å². The van der Waals surface area contributed by atoms with Crippen molar-refractivity contribution in [2.24, 2.45) is 0 Å². The van der Waals surface area contributed by atoms with E-state index in [1.807, 2.05) is 26.0 Å². The standard InChI is InChI=1S/C17H14Cl2O3/c1-10-3-4-11(2)14(7-10)16(20)9-22-17(21)13-6-5-12(18)8-15(13)19/h3-8H,9H2,1-2H3. The Morgan fingerprint density at radius 3 is 2.41 bits per heavy atom. The number of rotatable bonds is 4. The van der Waals surface area contributed by atoms with E-state index in [1.54, 1.807) is 6.07 Å². The summed E-state index contributed by atoms with van der Waals surface area (Å²) in [5, 5.41) is 0.615. The number of halogens is 2. The van der Waals surface area contributed by atoms with E-state index in [4.69, 9.17) is 27.9 Å². The summed E-state index contributed by atoms with van der Waals surface area (Å²) >= 11 is 11.7. The van der Waals surface area contributed by atoms with Gasteiger partial charge in [0.25, 0.3) is 0 Å². The Balaban J connectivity index is 2.07. The average molecular weight is 337 g/mol. The predicted molar refractivity (Wildman–Crippen MR) is 87.0 cm³/mol. The van der Waals surface area contributed by atoms with Crippen molar-refractivity contribution in [3.05, 3.63) is 68.7 Å². The molecule has 114 valence electrons. The van der Waals surface area contributed by atoms with E-state index in [-0.39, 0.29) is 23.0 Å². The van der Waals surface area contributed by atoms with Crippen LogP contribution in [0.4, 0.5) is 0 Å². The molecule has 0 aliphatic carbocycles. The zero-order valence-corrected chi connectivity index (χ0v) is 13.7. The summed E-state index contributed by atoms with van der Waals surface area (Å²) in [5.41, 5.74) is 2.55. The van der Waals surface area contributed by atoms with Crippen LogP contribution >= 0.6 is 23.2 Å². The Morgan fingerprint density at radius 1 is 1.00 bits per heavy atom. The van der Waals surface area contributed by atoms with Gasteiger partial charge in [0.15, 0.2) is 6.61 Å². The monoisotopic (exact) mass is 336 g/mol. The van der Waals surface area contributed by atoms with Gasteiger partial charge >= 0.3 is 5.97 Å². The Bertz CT molecular complexity index is 739. The Hall–Kier alpha value is -1.84. The smallest absolute Gasteiger partial charge is 0.340 e. The summed E-state index contributed by atoms with van der Waals surface area (Å²) in [7, 11) is 0. The molecule has 0 fully saturated rings. The van der Waals surface area contributed by atoms with Crippen LogP contribution in [0.25, 0.3) is 0 Å². The molecule has 0 N–H and O–H groups in total. The number of ketones is 1. The van der Waals surface area contributed by atoms with Crippen LogP contribution in [0, 0.1) is 13.8 Å². The second-order valence-electron chi connectivity index (χ2n) is 4.94. The highest BCUT2D eigenvalue weighted by molar-refractivity contribution is 6.36. The van der Waals surface area contributed by atoms with Crippen molar-refractivity contribution in [3.8, 4) is 0 Å². The van der Waals surface area contributed by atoms with Crippen LogP contribution in [0.5, 0.6) is 0 Å². The molecule has 0 amide bonds. The molecule has 2 aromatic rings. The molecule has 0 atom stereocenters. The van der Waals surface area contributed by atoms with Crippen molar-refractivity contribution in [1.29, 1.82) is 0 Å². The number of ether oxygens (including phenoxy) is 1. The number of benzene rings is 2. The fourth-order valence-electron chi connectivity index (χ4n) is 1.98. The summed E-state index contributed by atoms with van der Waals surface area (Å²) < 4.78 is 5.04. The normalized spacial score (nSPS) is 10.4. The summed E-state index contributed by atoms with van der Waals surface area (Å²) in [5.74, 6) is -0.903. The number of carbonyl (C=O) groups excluding carboxylic acids is 2. The summed E-state index contributed by atoms with van der Waals surface area (Å²) in [6.45, 7) is 3.41. The maximum absolute atomic E-state index is 12.2. The molecule has 0 saturated heterocycles. The molecule has 0 aromatic heterocycles. The Kier molecular flexibility index (Phi) is 5.22. The average Bonchev–Trinajstić information content (AvgIpc) is 2.47. The second kappa shape index (κ2) is 6.95. The third kappa shape index (κ3) is 3.87. The third-order valence-electron chi connectivity index (χ3n) is 3.18. The first kappa shape index (κ1) is 16.5. The maximum Gasteiger partial charge on any atom is 0.340 e. The minimum atomic E-state index is -0.652. The minimum absolute atomic E-state index is 0.180. The van der Waals surface area contributed by atoms with E-state index in [9.17, 15) is 9.59 Å². The molecule has 0 spiro atoms. The van der Waals surface area contributed by atoms with Gasteiger partial charge in [0.05, 0.1) is 10.6 Å². The fraction of sp³-hybridized carbons (Fsp3) is 0.176. The highest BCUT2D eigenvalue weighted by Crippen LogP contribution is 2.21. The lowest BCUT2D eigenvalue weighted by molar-refractivity contribution is 0.0474. The van der Waals surface area contributed by atoms with Crippen LogP contribution in [-0.2, 0) is 4.74 Å². The van der Waals surface area contributed by atoms with E-state index in [2.05, 4.69) is 0 Å². The van der Waals surface area contributed by atoms with Gasteiger partial charge in [-0.05, 0) is 43.7 Å². The van der Waals surface area contributed by atoms with Gasteiger partial charge < -0.3 is 4.74 Å². The van der Waals surface area contributed by atoms with Crippen LogP contribution in [0.2, 0.25) is 10.0 Å². The van der Waals surface area contributed by atoms with Crippen molar-refractivity contribution in [1.82, 2.24) is 0 Å². The maximum atomic E-state index is 12.2. The fourth-order valence-corrected chi connectivity index (χ4v) is 2.46. The second-order valence-corrected chi connectivity index (χ2v) is 5.79. The molecule has 0 heterocycles. The number of hydrogen-bond acceptors (Lipinski definition) is 3. The van der Waals surface area contributed by atoms with Gasteiger partial charge in [0, 0.05) is 10.6 Å². The zero-order chi connectivity index (χ0) is 16.3. The van der Waals surface area contributed by atoms with E-state index < -0.39 is 5.97 Å². The Labute approximate surface area is 138 Å². The first-order valence-corrected chi connectivity index (χ1v) is 7.36. The highest BCUT2D eigenvalue weighted by atomic mass is 35.5. The number of carbonyl (C=O) groups is 2. The van der Waals surface area contributed by atoms with Crippen molar-refractivity contribution in [3.63, 3.8) is 0 Å². The van der Waals surface area contributed by atoms with Gasteiger partial charge in [-0.1, -0.05) is 40.9 Å². The van der Waals surface area contributed by atoms with Crippen LogP contribution in [0.3, 0.4) is 0 Å². The molecule has 0 bridgehead atoms. The van der Waals surface area contributed by atoms with E-state index in [1.165, 1.54) is 18.2 Å². The molecule has 0 radical (unpaired) electrons. The largest absolute Gasteiger partial charge is 0.454 e. The van der Waals surface area contributed by atoms with E-state index in [0.29, 0.717) is 10.6 Å². The molecule has 2 aromatic carbocycles. The summed E-state index contributed by atoms with van der Waals surface area (Å²) in [6, 6.07) is 10.0. The van der Waals surface area contributed by atoms with Crippen molar-refractivity contribution >= 4 is 35.0 Å². The summed E-state index contributed by atoms with van der Waals surface area (Å²) in [4.78, 5) is 24.1. The number of hydrogen-bond donors (Lipinski definition) is 0. The topological polar surface area (TPSA) is 43.4 Å². The number of esters is 1. The van der Waals surface area contributed by atoms with Crippen LogP contribution in [0.1, 0.15) is 31.8 Å². The first-order chi connectivity index (χ1) is 10.4. The lowest BCUT2D eigenvalue weighted by Gasteiger charge is -2.08. The first-order valence-electron chi connectivity index (χ1n) is 6.61. The molecule has 5 heteroatoms. The molecule has 0 aliphatic heterocycles. The number of Topliss-reactive ketones (excluding diaryl/α,β-unsaturated/α-hetero) is 1. The van der Waals surface area contributed by atoms with Gasteiger partial charge in [-0.25, -0.2) is 4.79 Å². The van der Waals surface area contributed by atoms with E-state index >= 15 is 0 Å².